The van der Waals surface area contributed by atoms with Gasteiger partial charge in [0.2, 0.25) is 17.7 Å². The zero-order valence-corrected chi connectivity index (χ0v) is 19.3. The molecule has 3 aromatic rings. The van der Waals surface area contributed by atoms with Crippen molar-refractivity contribution in [3.63, 3.8) is 0 Å². The highest BCUT2D eigenvalue weighted by molar-refractivity contribution is 8.01. The van der Waals surface area contributed by atoms with Crippen molar-refractivity contribution in [3.8, 4) is 0 Å². The van der Waals surface area contributed by atoms with Gasteiger partial charge in [0, 0.05) is 5.69 Å². The van der Waals surface area contributed by atoms with Crippen LogP contribution in [0, 0.1) is 18.8 Å². The predicted molar refractivity (Wildman–Crippen MR) is 128 cm³/mol. The zero-order chi connectivity index (χ0) is 22.2. The fourth-order valence-corrected chi connectivity index (χ4v) is 6.44. The number of hydrogen-bond donors (Lipinski definition) is 1. The minimum Gasteiger partial charge on any atom is -0.325 e. The molecule has 2 fully saturated rings. The highest BCUT2D eigenvalue weighted by atomic mass is 32.2. The Morgan fingerprint density at radius 2 is 1.84 bits per heavy atom. The van der Waals surface area contributed by atoms with Crippen molar-refractivity contribution in [1.29, 1.82) is 0 Å². The number of aromatic nitrogens is 1. The molecule has 164 valence electrons. The van der Waals surface area contributed by atoms with Gasteiger partial charge in [-0.3, -0.25) is 19.3 Å². The van der Waals surface area contributed by atoms with Gasteiger partial charge in [-0.1, -0.05) is 42.8 Å². The number of thiazole rings is 1. The molecule has 1 N–H and O–H groups in total. The molecule has 1 saturated carbocycles. The van der Waals surface area contributed by atoms with Crippen LogP contribution in [0.4, 0.5) is 11.4 Å². The largest absolute Gasteiger partial charge is 0.325 e. The number of amides is 3. The molecule has 5 rings (SSSR count). The Morgan fingerprint density at radius 3 is 2.56 bits per heavy atom. The van der Waals surface area contributed by atoms with Crippen molar-refractivity contribution in [3.05, 3.63) is 48.0 Å². The summed E-state index contributed by atoms with van der Waals surface area (Å²) in [6.07, 6.45) is 3.64. The Morgan fingerprint density at radius 1 is 1.12 bits per heavy atom. The highest BCUT2D eigenvalue weighted by Gasteiger charge is 2.48. The van der Waals surface area contributed by atoms with Crippen molar-refractivity contribution in [2.75, 3.05) is 16.0 Å². The number of nitrogens with zero attached hydrogens (tertiary/aromatic N) is 2. The molecule has 0 unspecified atom stereocenters. The quantitative estimate of drug-likeness (QED) is 0.423. The maximum Gasteiger partial charge on any atom is 0.237 e. The number of fused-ring (bicyclic) bond motifs is 2. The molecule has 6 nitrogen and oxygen atoms in total. The van der Waals surface area contributed by atoms with Gasteiger partial charge >= 0.3 is 0 Å². The standard InChI is InChI=1S/C24H23N3O3S2/c1-14-6-2-5-9-18(14)25-21(28)13-31-24-26-19-11-10-15(12-20(19)32-24)27-22(29)16-7-3-4-8-17(16)23(27)30/h2,5-6,9-12,16-17H,3-4,7-8,13H2,1H3,(H,25,28)/t16-,17-/m0/s1. The van der Waals surface area contributed by atoms with Gasteiger partial charge in [0.15, 0.2) is 4.34 Å². The Kier molecular flexibility index (Phi) is 5.73. The first-order valence-electron chi connectivity index (χ1n) is 10.8. The third-order valence-electron chi connectivity index (χ3n) is 6.20. The maximum absolute atomic E-state index is 12.9. The Balaban J connectivity index is 1.29. The van der Waals surface area contributed by atoms with Crippen LogP contribution >= 0.6 is 23.1 Å². The van der Waals surface area contributed by atoms with Crippen molar-refractivity contribution < 1.29 is 14.4 Å². The van der Waals surface area contributed by atoms with Gasteiger partial charge in [-0.2, -0.15) is 0 Å². The van der Waals surface area contributed by atoms with Crippen LogP contribution in [-0.4, -0.2) is 28.5 Å². The molecule has 0 bridgehead atoms. The number of hydrogen-bond acceptors (Lipinski definition) is 6. The number of carbonyl (C=O) groups excluding carboxylic acids is 3. The number of aryl methyl sites for hydroxylation is 1. The van der Waals surface area contributed by atoms with Gasteiger partial charge in [0.1, 0.15) is 0 Å². The summed E-state index contributed by atoms with van der Waals surface area (Å²) in [6, 6.07) is 13.2. The van der Waals surface area contributed by atoms with Crippen molar-refractivity contribution in [2.24, 2.45) is 11.8 Å². The van der Waals surface area contributed by atoms with E-state index in [4.69, 9.17) is 0 Å². The summed E-state index contributed by atoms with van der Waals surface area (Å²) in [6.45, 7) is 1.96. The van der Waals surface area contributed by atoms with Gasteiger partial charge in [-0.15, -0.1) is 11.3 Å². The van der Waals surface area contributed by atoms with E-state index in [9.17, 15) is 14.4 Å². The number of imide groups is 1. The van der Waals surface area contributed by atoms with Crippen LogP contribution in [0.1, 0.15) is 31.2 Å². The fraction of sp³-hybridized carbons (Fsp3) is 0.333. The highest BCUT2D eigenvalue weighted by Crippen LogP contribution is 2.41. The molecule has 0 spiro atoms. The third-order valence-corrected chi connectivity index (χ3v) is 8.36. The summed E-state index contributed by atoms with van der Waals surface area (Å²) in [4.78, 5) is 44.1. The average molecular weight is 466 g/mol. The van der Waals surface area contributed by atoms with Crippen molar-refractivity contribution >= 4 is 62.4 Å². The lowest BCUT2D eigenvalue weighted by molar-refractivity contribution is -0.122. The molecule has 32 heavy (non-hydrogen) atoms. The van der Waals surface area contributed by atoms with Crippen LogP contribution in [-0.2, 0) is 14.4 Å². The molecule has 1 aliphatic heterocycles. The van der Waals surface area contributed by atoms with Crippen LogP contribution in [0.15, 0.2) is 46.8 Å². The topological polar surface area (TPSA) is 79.4 Å². The number of carbonyl (C=O) groups is 3. The summed E-state index contributed by atoms with van der Waals surface area (Å²) in [7, 11) is 0. The lowest BCUT2D eigenvalue weighted by Crippen LogP contribution is -2.30. The van der Waals surface area contributed by atoms with Gasteiger partial charge < -0.3 is 5.32 Å². The molecule has 8 heteroatoms. The monoisotopic (exact) mass is 465 g/mol. The molecular formula is C24H23N3O3S2. The molecule has 1 aromatic heterocycles. The second kappa shape index (κ2) is 8.67. The lowest BCUT2D eigenvalue weighted by atomic mass is 9.81. The van der Waals surface area contributed by atoms with Crippen LogP contribution in [0.2, 0.25) is 0 Å². The smallest absolute Gasteiger partial charge is 0.237 e. The third kappa shape index (κ3) is 3.93. The van der Waals surface area contributed by atoms with Gasteiger partial charge in [0.25, 0.3) is 0 Å². The first kappa shape index (κ1) is 21.2. The number of anilines is 2. The molecule has 1 aliphatic carbocycles. The van der Waals surface area contributed by atoms with E-state index >= 15 is 0 Å². The Labute approximate surface area is 194 Å². The first-order valence-corrected chi connectivity index (χ1v) is 12.6. The van der Waals surface area contributed by atoms with E-state index in [1.165, 1.54) is 28.0 Å². The number of nitrogens with one attached hydrogen (secondary N) is 1. The van der Waals surface area contributed by atoms with Crippen LogP contribution in [0.25, 0.3) is 10.2 Å². The minimum atomic E-state index is -0.161. The predicted octanol–water partition coefficient (Wildman–Crippen LogP) is 5.02. The molecular weight excluding hydrogens is 442 g/mol. The summed E-state index contributed by atoms with van der Waals surface area (Å²) in [5, 5.41) is 2.93. The Hall–Kier alpha value is -2.71. The van der Waals surface area contributed by atoms with E-state index in [1.54, 1.807) is 6.07 Å². The van der Waals surface area contributed by atoms with Crippen LogP contribution in [0.5, 0.6) is 0 Å². The van der Waals surface area contributed by atoms with E-state index in [0.29, 0.717) is 5.69 Å². The minimum absolute atomic E-state index is 0.0639. The molecule has 2 aromatic carbocycles. The second-order valence-corrected chi connectivity index (χ2v) is 10.5. The van der Waals surface area contributed by atoms with E-state index in [0.717, 1.165) is 51.5 Å². The van der Waals surface area contributed by atoms with Crippen LogP contribution in [0.3, 0.4) is 0 Å². The normalized spacial score (nSPS) is 20.6. The molecule has 0 radical (unpaired) electrons. The van der Waals surface area contributed by atoms with Gasteiger partial charge in [0.05, 0.1) is 33.5 Å². The number of benzene rings is 2. The van der Waals surface area contributed by atoms with Gasteiger partial charge in [-0.25, -0.2) is 4.98 Å². The number of rotatable bonds is 5. The van der Waals surface area contributed by atoms with Gasteiger partial charge in [-0.05, 0) is 49.6 Å². The molecule has 1 saturated heterocycles. The molecule has 2 aliphatic rings. The number of thioether (sulfide) groups is 1. The average Bonchev–Trinajstić information content (AvgIpc) is 3.32. The SMILES string of the molecule is Cc1ccccc1NC(=O)CSc1nc2ccc(N3C(=O)[C@H]4CCCC[C@@H]4C3=O)cc2s1. The van der Waals surface area contributed by atoms with Crippen LogP contribution < -0.4 is 10.2 Å². The molecule has 3 amide bonds. The molecule has 2 atom stereocenters. The van der Waals surface area contributed by atoms with Crippen molar-refractivity contribution in [1.82, 2.24) is 4.98 Å². The van der Waals surface area contributed by atoms with E-state index in [2.05, 4.69) is 10.3 Å². The maximum atomic E-state index is 12.9. The molecule has 2 heterocycles. The fourth-order valence-electron chi connectivity index (χ4n) is 4.54. The second-order valence-electron chi connectivity index (χ2n) is 8.29. The number of para-hydroxylation sites is 1. The van der Waals surface area contributed by atoms with E-state index < -0.39 is 0 Å². The zero-order valence-electron chi connectivity index (χ0n) is 17.7. The summed E-state index contributed by atoms with van der Waals surface area (Å²) < 4.78 is 1.68. The van der Waals surface area contributed by atoms with Crippen molar-refractivity contribution in [2.45, 2.75) is 36.9 Å². The lowest BCUT2D eigenvalue weighted by Gasteiger charge is -2.19. The summed E-state index contributed by atoms with van der Waals surface area (Å²) >= 11 is 2.85. The summed E-state index contributed by atoms with van der Waals surface area (Å²) in [5.74, 6) is -0.275. The van der Waals surface area contributed by atoms with E-state index in [1.807, 2.05) is 43.3 Å². The van der Waals surface area contributed by atoms with E-state index in [-0.39, 0.29) is 35.3 Å². The Bertz CT molecular complexity index is 1200. The first-order chi connectivity index (χ1) is 15.5. The summed E-state index contributed by atoms with van der Waals surface area (Å²) in [5.41, 5.74) is 3.26.